The summed E-state index contributed by atoms with van der Waals surface area (Å²) in [4.78, 5) is 13.4. The standard InChI is InChI=1S/C11H12BrNO2/c1-2-13-6-8-5-9(12)3-4-10(8)15-7-11(13)14/h3-5H,2,6-7H2,1H3. The first-order valence-corrected chi connectivity index (χ1v) is 5.69. The average molecular weight is 270 g/mol. The van der Waals surface area contributed by atoms with Crippen LogP contribution in [-0.4, -0.2) is 24.0 Å². The summed E-state index contributed by atoms with van der Waals surface area (Å²) in [7, 11) is 0. The van der Waals surface area contributed by atoms with Gasteiger partial charge in [-0.25, -0.2) is 0 Å². The maximum Gasteiger partial charge on any atom is 0.260 e. The van der Waals surface area contributed by atoms with E-state index in [1.165, 1.54) is 0 Å². The fourth-order valence-electron chi connectivity index (χ4n) is 1.63. The molecular weight excluding hydrogens is 258 g/mol. The lowest BCUT2D eigenvalue weighted by Gasteiger charge is -2.17. The maximum atomic E-state index is 11.6. The molecule has 0 saturated carbocycles. The van der Waals surface area contributed by atoms with E-state index in [2.05, 4.69) is 15.9 Å². The molecule has 0 saturated heterocycles. The summed E-state index contributed by atoms with van der Waals surface area (Å²) in [5.74, 6) is 0.854. The molecular formula is C11H12BrNO2. The van der Waals surface area contributed by atoms with Gasteiger partial charge in [0, 0.05) is 23.1 Å². The number of nitrogens with zero attached hydrogens (tertiary/aromatic N) is 1. The zero-order valence-corrected chi connectivity index (χ0v) is 10.1. The summed E-state index contributed by atoms with van der Waals surface area (Å²) in [6, 6.07) is 5.81. The number of likely N-dealkylation sites (N-methyl/N-ethyl adjacent to an activating group) is 1. The highest BCUT2D eigenvalue weighted by atomic mass is 79.9. The largest absolute Gasteiger partial charge is 0.483 e. The Morgan fingerprint density at radius 1 is 1.53 bits per heavy atom. The molecule has 0 fully saturated rings. The quantitative estimate of drug-likeness (QED) is 0.782. The van der Waals surface area contributed by atoms with Crippen molar-refractivity contribution < 1.29 is 9.53 Å². The van der Waals surface area contributed by atoms with Crippen molar-refractivity contribution in [2.75, 3.05) is 13.2 Å². The first-order chi connectivity index (χ1) is 7.20. The summed E-state index contributed by atoms with van der Waals surface area (Å²) >= 11 is 3.41. The lowest BCUT2D eigenvalue weighted by Crippen LogP contribution is -2.31. The Kier molecular flexibility index (Phi) is 2.95. The van der Waals surface area contributed by atoms with Crippen molar-refractivity contribution in [1.82, 2.24) is 4.90 Å². The fourth-order valence-corrected chi connectivity index (χ4v) is 2.03. The van der Waals surface area contributed by atoms with Gasteiger partial charge in [-0.2, -0.15) is 0 Å². The van der Waals surface area contributed by atoms with Crippen LogP contribution in [0.4, 0.5) is 0 Å². The molecule has 3 nitrogen and oxygen atoms in total. The first kappa shape index (κ1) is 10.5. The van der Waals surface area contributed by atoms with E-state index in [9.17, 15) is 4.79 Å². The van der Waals surface area contributed by atoms with E-state index in [1.807, 2.05) is 25.1 Å². The van der Waals surface area contributed by atoms with Crippen LogP contribution < -0.4 is 4.74 Å². The zero-order valence-electron chi connectivity index (χ0n) is 8.50. The number of fused-ring (bicyclic) bond motifs is 1. The zero-order chi connectivity index (χ0) is 10.8. The lowest BCUT2D eigenvalue weighted by atomic mass is 10.2. The van der Waals surface area contributed by atoms with Gasteiger partial charge in [-0.3, -0.25) is 4.79 Å². The second-order valence-electron chi connectivity index (χ2n) is 3.45. The monoisotopic (exact) mass is 269 g/mol. The summed E-state index contributed by atoms with van der Waals surface area (Å²) in [5.41, 5.74) is 1.05. The third-order valence-electron chi connectivity index (χ3n) is 2.47. The normalized spacial score (nSPS) is 15.6. The highest BCUT2D eigenvalue weighted by molar-refractivity contribution is 9.10. The number of ether oxygens (including phenoxy) is 1. The van der Waals surface area contributed by atoms with Crippen molar-refractivity contribution in [2.45, 2.75) is 13.5 Å². The van der Waals surface area contributed by atoms with E-state index in [0.29, 0.717) is 13.1 Å². The van der Waals surface area contributed by atoms with Crippen molar-refractivity contribution in [2.24, 2.45) is 0 Å². The van der Waals surface area contributed by atoms with Crippen LogP contribution in [-0.2, 0) is 11.3 Å². The molecule has 1 aromatic rings. The van der Waals surface area contributed by atoms with Gasteiger partial charge in [-0.15, -0.1) is 0 Å². The van der Waals surface area contributed by atoms with E-state index in [4.69, 9.17) is 4.74 Å². The topological polar surface area (TPSA) is 29.5 Å². The first-order valence-electron chi connectivity index (χ1n) is 4.89. The van der Waals surface area contributed by atoms with Crippen LogP contribution in [0.2, 0.25) is 0 Å². The Bertz CT molecular complexity index is 392. The molecule has 1 aliphatic rings. The Labute approximate surface area is 97.2 Å². The molecule has 0 atom stereocenters. The van der Waals surface area contributed by atoms with Crippen molar-refractivity contribution in [3.63, 3.8) is 0 Å². The number of benzene rings is 1. The molecule has 0 aliphatic carbocycles. The van der Waals surface area contributed by atoms with Gasteiger partial charge < -0.3 is 9.64 Å². The highest BCUT2D eigenvalue weighted by Gasteiger charge is 2.19. The molecule has 0 spiro atoms. The smallest absolute Gasteiger partial charge is 0.260 e. The molecule has 0 unspecified atom stereocenters. The van der Waals surface area contributed by atoms with Crippen LogP contribution >= 0.6 is 15.9 Å². The van der Waals surface area contributed by atoms with Crippen LogP contribution in [0.25, 0.3) is 0 Å². The summed E-state index contributed by atoms with van der Waals surface area (Å²) < 4.78 is 6.45. The Morgan fingerprint density at radius 2 is 2.33 bits per heavy atom. The van der Waals surface area contributed by atoms with Crippen LogP contribution in [0.15, 0.2) is 22.7 Å². The Balaban J connectivity index is 2.34. The van der Waals surface area contributed by atoms with E-state index in [0.717, 1.165) is 15.8 Å². The number of halogens is 1. The van der Waals surface area contributed by atoms with Crippen molar-refractivity contribution >= 4 is 21.8 Å². The molecule has 1 aliphatic heterocycles. The minimum absolute atomic E-state index is 0.0461. The second kappa shape index (κ2) is 4.23. The number of rotatable bonds is 1. The maximum absolute atomic E-state index is 11.6. The van der Waals surface area contributed by atoms with Crippen LogP contribution in [0, 0.1) is 0 Å². The fraction of sp³-hybridized carbons (Fsp3) is 0.364. The number of hydrogen-bond donors (Lipinski definition) is 0. The van der Waals surface area contributed by atoms with E-state index >= 15 is 0 Å². The molecule has 1 heterocycles. The van der Waals surface area contributed by atoms with Crippen molar-refractivity contribution in [1.29, 1.82) is 0 Å². The highest BCUT2D eigenvalue weighted by Crippen LogP contribution is 2.26. The minimum Gasteiger partial charge on any atom is -0.483 e. The van der Waals surface area contributed by atoms with Crippen molar-refractivity contribution in [3.05, 3.63) is 28.2 Å². The van der Waals surface area contributed by atoms with Gasteiger partial charge in [0.1, 0.15) is 5.75 Å². The number of carbonyl (C=O) groups is 1. The predicted molar refractivity (Wildman–Crippen MR) is 60.7 cm³/mol. The molecule has 15 heavy (non-hydrogen) atoms. The van der Waals surface area contributed by atoms with E-state index < -0.39 is 0 Å². The van der Waals surface area contributed by atoms with Gasteiger partial charge in [-0.1, -0.05) is 15.9 Å². The lowest BCUT2D eigenvalue weighted by molar-refractivity contribution is -0.133. The van der Waals surface area contributed by atoms with Gasteiger partial charge in [0.2, 0.25) is 0 Å². The Morgan fingerprint density at radius 3 is 3.07 bits per heavy atom. The third-order valence-corrected chi connectivity index (χ3v) is 2.96. The van der Waals surface area contributed by atoms with Crippen LogP contribution in [0.1, 0.15) is 12.5 Å². The SMILES string of the molecule is CCN1Cc2cc(Br)ccc2OCC1=O. The van der Waals surface area contributed by atoms with E-state index in [-0.39, 0.29) is 12.5 Å². The summed E-state index contributed by atoms with van der Waals surface area (Å²) in [5, 5.41) is 0. The molecule has 0 N–H and O–H groups in total. The van der Waals surface area contributed by atoms with Gasteiger partial charge in [0.25, 0.3) is 5.91 Å². The molecule has 0 radical (unpaired) electrons. The van der Waals surface area contributed by atoms with Gasteiger partial charge in [-0.05, 0) is 25.1 Å². The molecule has 1 amide bonds. The minimum atomic E-state index is 0.0461. The summed E-state index contributed by atoms with van der Waals surface area (Å²) in [6.07, 6.45) is 0. The predicted octanol–water partition coefficient (Wildman–Crippen LogP) is 2.19. The molecule has 0 bridgehead atoms. The van der Waals surface area contributed by atoms with Crippen LogP contribution in [0.5, 0.6) is 5.75 Å². The molecule has 80 valence electrons. The molecule has 4 heteroatoms. The van der Waals surface area contributed by atoms with E-state index in [1.54, 1.807) is 4.90 Å². The Hall–Kier alpha value is -1.03. The van der Waals surface area contributed by atoms with Gasteiger partial charge in [0.15, 0.2) is 6.61 Å². The van der Waals surface area contributed by atoms with Gasteiger partial charge >= 0.3 is 0 Å². The van der Waals surface area contributed by atoms with Crippen LogP contribution in [0.3, 0.4) is 0 Å². The molecule has 0 aromatic heterocycles. The second-order valence-corrected chi connectivity index (χ2v) is 4.36. The third kappa shape index (κ3) is 2.15. The number of carbonyl (C=O) groups excluding carboxylic acids is 1. The average Bonchev–Trinajstić information content (AvgIpc) is 2.38. The molecule has 1 aromatic carbocycles. The van der Waals surface area contributed by atoms with Gasteiger partial charge in [0.05, 0.1) is 0 Å². The van der Waals surface area contributed by atoms with Crippen molar-refractivity contribution in [3.8, 4) is 5.75 Å². The number of amides is 1. The number of hydrogen-bond acceptors (Lipinski definition) is 2. The summed E-state index contributed by atoms with van der Waals surface area (Å²) in [6.45, 7) is 3.46. The molecule has 2 rings (SSSR count).